The van der Waals surface area contributed by atoms with Crippen LogP contribution in [0.4, 0.5) is 0 Å². The fourth-order valence-electron chi connectivity index (χ4n) is 2.90. The summed E-state index contributed by atoms with van der Waals surface area (Å²) in [5.41, 5.74) is 0.996. The summed E-state index contributed by atoms with van der Waals surface area (Å²) in [6.45, 7) is 3.92. The number of hydrogen-bond donors (Lipinski definition) is 1. The average Bonchev–Trinajstić information content (AvgIpc) is 3.25. The molecule has 124 valence electrons. The minimum Gasteiger partial charge on any atom is -0.346 e. The van der Waals surface area contributed by atoms with Crippen LogP contribution in [0, 0.1) is 6.92 Å². The Bertz CT molecular complexity index is 662. The van der Waals surface area contributed by atoms with Gasteiger partial charge in [-0.05, 0) is 26.7 Å². The van der Waals surface area contributed by atoms with Gasteiger partial charge in [0.1, 0.15) is 6.33 Å². The molecule has 1 aliphatic carbocycles. The quantitative estimate of drug-likeness (QED) is 0.810. The van der Waals surface area contributed by atoms with Crippen LogP contribution in [0.2, 0.25) is 0 Å². The number of aryl methyl sites for hydroxylation is 1. The summed E-state index contributed by atoms with van der Waals surface area (Å²) in [5.74, 6) is 1.21. The molecule has 1 amide bonds. The lowest BCUT2D eigenvalue weighted by atomic mass is 10.2. The van der Waals surface area contributed by atoms with Crippen LogP contribution >= 0.6 is 23.1 Å². The van der Waals surface area contributed by atoms with Gasteiger partial charge in [0.15, 0.2) is 10.2 Å². The molecule has 0 aromatic carbocycles. The normalized spacial score (nSPS) is 16.6. The summed E-state index contributed by atoms with van der Waals surface area (Å²) in [5, 5.41) is 13.3. The summed E-state index contributed by atoms with van der Waals surface area (Å²) in [7, 11) is 0. The number of aromatic nitrogens is 4. The van der Waals surface area contributed by atoms with E-state index in [9.17, 15) is 4.79 Å². The predicted molar refractivity (Wildman–Crippen MR) is 91.7 cm³/mol. The Kier molecular flexibility index (Phi) is 5.32. The Morgan fingerprint density at radius 2 is 2.30 bits per heavy atom. The maximum atomic E-state index is 12.1. The first-order valence-corrected chi connectivity index (χ1v) is 9.73. The van der Waals surface area contributed by atoms with Gasteiger partial charge in [-0.15, -0.1) is 21.5 Å². The van der Waals surface area contributed by atoms with E-state index in [1.54, 1.807) is 17.7 Å². The average molecular weight is 352 g/mol. The number of carbonyl (C=O) groups excluding carboxylic acids is 1. The van der Waals surface area contributed by atoms with Gasteiger partial charge in [0.25, 0.3) is 0 Å². The van der Waals surface area contributed by atoms with Crippen LogP contribution in [-0.2, 0) is 4.79 Å². The van der Waals surface area contributed by atoms with Crippen molar-refractivity contribution in [3.63, 3.8) is 0 Å². The molecule has 2 heterocycles. The number of hydrogen-bond acceptors (Lipinski definition) is 6. The van der Waals surface area contributed by atoms with Gasteiger partial charge in [0.05, 0.1) is 11.8 Å². The van der Waals surface area contributed by atoms with Crippen molar-refractivity contribution in [1.29, 1.82) is 0 Å². The summed E-state index contributed by atoms with van der Waals surface area (Å²) in [4.78, 5) is 16.5. The molecule has 0 aliphatic heterocycles. The largest absolute Gasteiger partial charge is 0.346 e. The van der Waals surface area contributed by atoms with Crippen LogP contribution in [0.15, 0.2) is 16.0 Å². The fourth-order valence-corrected chi connectivity index (χ4v) is 4.56. The molecule has 1 N–H and O–H groups in total. The fraction of sp³-hybridized carbons (Fsp3) is 0.600. The number of nitrogens with zero attached hydrogens (tertiary/aromatic N) is 4. The van der Waals surface area contributed by atoms with E-state index < -0.39 is 0 Å². The third-order valence-electron chi connectivity index (χ3n) is 4.01. The first kappa shape index (κ1) is 16.4. The zero-order valence-corrected chi connectivity index (χ0v) is 15.0. The molecular weight excluding hydrogens is 330 g/mol. The second-order valence-electron chi connectivity index (χ2n) is 5.87. The highest BCUT2D eigenvalue weighted by Gasteiger charge is 2.23. The van der Waals surface area contributed by atoms with Crippen LogP contribution in [-0.4, -0.2) is 31.4 Å². The predicted octanol–water partition coefficient (Wildman–Crippen LogP) is 3.13. The van der Waals surface area contributed by atoms with Crippen LogP contribution in [0.25, 0.3) is 0 Å². The van der Waals surface area contributed by atoms with Crippen LogP contribution < -0.4 is 5.32 Å². The Morgan fingerprint density at radius 3 is 3.00 bits per heavy atom. The Morgan fingerprint density at radius 1 is 1.52 bits per heavy atom. The first-order valence-electron chi connectivity index (χ1n) is 7.87. The van der Waals surface area contributed by atoms with Gasteiger partial charge in [-0.25, -0.2) is 4.98 Å². The maximum absolute atomic E-state index is 12.1. The smallest absolute Gasteiger partial charge is 0.231 e. The molecule has 1 fully saturated rings. The minimum absolute atomic E-state index is 0.00340. The molecule has 1 atom stereocenters. The van der Waals surface area contributed by atoms with Crippen molar-refractivity contribution >= 4 is 29.0 Å². The van der Waals surface area contributed by atoms with Gasteiger partial charge in [-0.2, -0.15) is 0 Å². The van der Waals surface area contributed by atoms with Crippen molar-refractivity contribution in [3.8, 4) is 0 Å². The van der Waals surface area contributed by atoms with Gasteiger partial charge in [0.2, 0.25) is 5.91 Å². The molecule has 2 aromatic heterocycles. The van der Waals surface area contributed by atoms with E-state index in [2.05, 4.69) is 25.1 Å². The van der Waals surface area contributed by atoms with Crippen molar-refractivity contribution in [2.45, 2.75) is 56.0 Å². The Labute approximate surface area is 144 Å². The lowest BCUT2D eigenvalue weighted by Gasteiger charge is -2.18. The Balaban J connectivity index is 1.55. The second-order valence-corrected chi connectivity index (χ2v) is 7.95. The van der Waals surface area contributed by atoms with E-state index in [0.29, 0.717) is 11.8 Å². The Hall–Kier alpha value is -1.41. The van der Waals surface area contributed by atoms with Gasteiger partial charge >= 0.3 is 0 Å². The second kappa shape index (κ2) is 7.44. The molecule has 1 saturated carbocycles. The molecule has 8 heteroatoms. The summed E-state index contributed by atoms with van der Waals surface area (Å²) in [6.07, 6.45) is 6.65. The van der Waals surface area contributed by atoms with Crippen LogP contribution in [0.5, 0.6) is 0 Å². The molecule has 0 radical (unpaired) electrons. The van der Waals surface area contributed by atoms with Crippen LogP contribution in [0.1, 0.15) is 56.2 Å². The minimum atomic E-state index is -0.135. The van der Waals surface area contributed by atoms with Gasteiger partial charge in [0, 0.05) is 17.1 Å². The van der Waals surface area contributed by atoms with Gasteiger partial charge in [-0.3, -0.25) is 4.79 Å². The molecule has 1 aliphatic rings. The van der Waals surface area contributed by atoms with Crippen molar-refractivity contribution in [3.05, 3.63) is 23.2 Å². The molecule has 0 bridgehead atoms. The van der Waals surface area contributed by atoms with E-state index in [0.717, 1.165) is 15.9 Å². The standard InChI is InChI=1S/C15H21N5OS2/c1-10-7-22-15(17-10)23-8-13(21)18-11(2)14-19-16-9-20(14)12-5-3-4-6-12/h7,9,11-12H,3-6,8H2,1-2H3,(H,18,21)/t11-/m0/s1. The molecule has 0 unspecified atom stereocenters. The SMILES string of the molecule is Cc1csc(SCC(=O)N[C@@H](C)c2nncn2C2CCCC2)n1. The van der Waals surface area contributed by atoms with Gasteiger partial charge < -0.3 is 9.88 Å². The van der Waals surface area contributed by atoms with E-state index >= 15 is 0 Å². The third kappa shape index (κ3) is 4.11. The number of rotatable bonds is 6. The summed E-state index contributed by atoms with van der Waals surface area (Å²) >= 11 is 3.04. The number of carbonyl (C=O) groups is 1. The lowest BCUT2D eigenvalue weighted by Crippen LogP contribution is -2.30. The van der Waals surface area contributed by atoms with Crippen LogP contribution in [0.3, 0.4) is 0 Å². The number of thiazole rings is 1. The van der Waals surface area contributed by atoms with E-state index in [1.807, 2.05) is 19.2 Å². The van der Waals surface area contributed by atoms with E-state index in [4.69, 9.17) is 0 Å². The number of thioether (sulfide) groups is 1. The molecule has 2 aromatic rings. The topological polar surface area (TPSA) is 72.7 Å². The maximum Gasteiger partial charge on any atom is 0.231 e. The van der Waals surface area contributed by atoms with E-state index in [-0.39, 0.29) is 11.9 Å². The van der Waals surface area contributed by atoms with Gasteiger partial charge in [-0.1, -0.05) is 24.6 Å². The molecular formula is C15H21N5OS2. The third-order valence-corrected chi connectivity index (χ3v) is 6.15. The number of nitrogens with one attached hydrogen (secondary N) is 1. The monoisotopic (exact) mass is 351 g/mol. The van der Waals surface area contributed by atoms with Crippen molar-refractivity contribution in [2.24, 2.45) is 0 Å². The lowest BCUT2D eigenvalue weighted by molar-refractivity contribution is -0.119. The zero-order chi connectivity index (χ0) is 16.2. The first-order chi connectivity index (χ1) is 11.1. The molecule has 0 spiro atoms. The molecule has 23 heavy (non-hydrogen) atoms. The summed E-state index contributed by atoms with van der Waals surface area (Å²) < 4.78 is 3.06. The highest BCUT2D eigenvalue weighted by molar-refractivity contribution is 8.01. The number of amides is 1. The molecule has 0 saturated heterocycles. The summed E-state index contributed by atoms with van der Waals surface area (Å²) in [6, 6.07) is 0.344. The van der Waals surface area contributed by atoms with Crippen molar-refractivity contribution in [2.75, 3.05) is 5.75 Å². The zero-order valence-electron chi connectivity index (χ0n) is 13.4. The molecule has 6 nitrogen and oxygen atoms in total. The van der Waals surface area contributed by atoms with Crippen molar-refractivity contribution < 1.29 is 4.79 Å². The highest BCUT2D eigenvalue weighted by atomic mass is 32.2. The molecule has 3 rings (SSSR count). The van der Waals surface area contributed by atoms with Crippen molar-refractivity contribution in [1.82, 2.24) is 25.1 Å². The van der Waals surface area contributed by atoms with E-state index in [1.165, 1.54) is 37.4 Å². The highest BCUT2D eigenvalue weighted by Crippen LogP contribution is 2.31.